The fourth-order valence-corrected chi connectivity index (χ4v) is 2.65. The highest BCUT2D eigenvalue weighted by Gasteiger charge is 2.24. The van der Waals surface area contributed by atoms with E-state index in [9.17, 15) is 4.79 Å². The van der Waals surface area contributed by atoms with E-state index in [4.69, 9.17) is 9.47 Å². The number of ether oxygens (including phenoxy) is 2. The summed E-state index contributed by atoms with van der Waals surface area (Å²) >= 11 is 0. The third-order valence-corrected chi connectivity index (χ3v) is 3.50. The van der Waals surface area contributed by atoms with Crippen LogP contribution >= 0.6 is 0 Å². The largest absolute Gasteiger partial charge is 0.493 e. The second-order valence-electron chi connectivity index (χ2n) is 4.68. The zero-order chi connectivity index (χ0) is 13.7. The average Bonchev–Trinajstić information content (AvgIpc) is 2.99. The van der Waals surface area contributed by atoms with E-state index in [1.54, 1.807) is 6.20 Å². The maximum atomic E-state index is 11.6. The number of cyclic esters (lactones) is 1. The number of carbonyl (C=O) groups excluding carboxylic acids is 1. The van der Waals surface area contributed by atoms with Crippen LogP contribution < -0.4 is 4.74 Å². The first-order chi connectivity index (χ1) is 9.78. The normalized spacial score (nSPS) is 13.8. The molecule has 1 aromatic rings. The van der Waals surface area contributed by atoms with Gasteiger partial charge in [-0.15, -0.1) is 0 Å². The van der Waals surface area contributed by atoms with Gasteiger partial charge in [-0.05, 0) is 25.1 Å². The first kappa shape index (κ1) is 11.3. The lowest BCUT2D eigenvalue weighted by atomic mass is 10.1. The molecule has 0 N–H and O–H groups in total. The molecular formula is C15H12N2O3. The van der Waals surface area contributed by atoms with Crippen molar-refractivity contribution in [1.29, 1.82) is 0 Å². The number of hydrogen-bond donors (Lipinski definition) is 0. The first-order valence-electron chi connectivity index (χ1n) is 6.51. The molecule has 4 rings (SSSR count). The number of fused-ring (bicyclic) bond motifs is 4. The predicted octanol–water partition coefficient (Wildman–Crippen LogP) is 3.04. The van der Waals surface area contributed by atoms with Crippen molar-refractivity contribution < 1.29 is 14.3 Å². The molecule has 3 heterocycles. The lowest BCUT2D eigenvalue weighted by Gasteiger charge is -2.07. The van der Waals surface area contributed by atoms with Gasteiger partial charge >= 0.3 is 6.09 Å². The molecule has 0 atom stereocenters. The number of rotatable bonds is 2. The molecule has 0 saturated carbocycles. The smallest absolute Gasteiger partial charge is 0.418 e. The minimum absolute atomic E-state index is 0.304. The van der Waals surface area contributed by atoms with Crippen LogP contribution in [0.2, 0.25) is 0 Å². The number of benzene rings is 1. The van der Waals surface area contributed by atoms with Crippen LogP contribution in [0.25, 0.3) is 22.2 Å². The summed E-state index contributed by atoms with van der Waals surface area (Å²) in [4.78, 5) is 16.1. The van der Waals surface area contributed by atoms with E-state index in [-0.39, 0.29) is 6.09 Å². The number of nitrogens with zero attached hydrogens (tertiary/aromatic N) is 2. The summed E-state index contributed by atoms with van der Waals surface area (Å²) in [6, 6.07) is 7.77. The van der Waals surface area contributed by atoms with E-state index in [0.717, 1.165) is 33.6 Å². The van der Waals surface area contributed by atoms with Crippen LogP contribution in [0.4, 0.5) is 4.79 Å². The highest BCUT2D eigenvalue weighted by atomic mass is 16.6. The summed E-state index contributed by atoms with van der Waals surface area (Å²) in [5.74, 6) is 0.822. The third-order valence-electron chi connectivity index (χ3n) is 3.50. The molecule has 5 nitrogen and oxygen atoms in total. The van der Waals surface area contributed by atoms with E-state index >= 15 is 0 Å². The maximum Gasteiger partial charge on any atom is 0.418 e. The van der Waals surface area contributed by atoms with E-state index in [1.165, 1.54) is 4.57 Å². The number of aromatic nitrogens is 2. The van der Waals surface area contributed by atoms with Gasteiger partial charge in [0.25, 0.3) is 0 Å². The number of carbonyl (C=O) groups is 1. The van der Waals surface area contributed by atoms with Crippen LogP contribution in [-0.2, 0) is 11.3 Å². The van der Waals surface area contributed by atoms with Crippen LogP contribution in [-0.4, -0.2) is 22.3 Å². The van der Waals surface area contributed by atoms with Crippen molar-refractivity contribution in [3.63, 3.8) is 0 Å². The van der Waals surface area contributed by atoms with Gasteiger partial charge < -0.3 is 9.47 Å². The molecule has 20 heavy (non-hydrogen) atoms. The molecule has 0 amide bonds. The SMILES string of the molecule is CCOc1cccc2nc3cn4c(cc-3c12)COC4=O. The Hall–Kier alpha value is -2.56. The Morgan fingerprint density at radius 3 is 3.20 bits per heavy atom. The van der Waals surface area contributed by atoms with Gasteiger partial charge in [0.15, 0.2) is 0 Å². The molecule has 0 bridgehead atoms. The molecule has 100 valence electrons. The molecule has 0 fully saturated rings. The van der Waals surface area contributed by atoms with Crippen LogP contribution in [0.1, 0.15) is 12.6 Å². The van der Waals surface area contributed by atoms with Gasteiger partial charge in [-0.3, -0.25) is 4.57 Å². The first-order valence-corrected chi connectivity index (χ1v) is 6.51. The molecule has 1 aromatic carbocycles. The van der Waals surface area contributed by atoms with Gasteiger partial charge in [0.2, 0.25) is 0 Å². The Labute approximate surface area is 115 Å². The van der Waals surface area contributed by atoms with Crippen molar-refractivity contribution in [2.45, 2.75) is 13.5 Å². The summed E-state index contributed by atoms with van der Waals surface area (Å²) in [5.41, 5.74) is 3.48. The lowest BCUT2D eigenvalue weighted by molar-refractivity contribution is 0.161. The zero-order valence-electron chi connectivity index (χ0n) is 10.9. The van der Waals surface area contributed by atoms with Crippen LogP contribution in [0.15, 0.2) is 30.5 Å². The summed E-state index contributed by atoms with van der Waals surface area (Å²) in [7, 11) is 0. The fourth-order valence-electron chi connectivity index (χ4n) is 2.65. The standard InChI is InChI=1S/C15H12N2O3/c1-2-19-13-5-3-4-11-14(13)10-6-9-8-20-15(18)17(9)7-12(10)16-11/h3-7H,2,8H2,1H3. The van der Waals surface area contributed by atoms with Crippen LogP contribution in [0.3, 0.4) is 0 Å². The van der Waals surface area contributed by atoms with Gasteiger partial charge in [0, 0.05) is 11.8 Å². The third kappa shape index (κ3) is 1.43. The highest BCUT2D eigenvalue weighted by molar-refractivity contribution is 6.02. The molecular weight excluding hydrogens is 256 g/mol. The minimum atomic E-state index is -0.348. The second-order valence-corrected chi connectivity index (χ2v) is 4.68. The van der Waals surface area contributed by atoms with Crippen molar-refractivity contribution in [2.75, 3.05) is 6.61 Å². The molecule has 3 aliphatic rings. The zero-order valence-corrected chi connectivity index (χ0v) is 10.9. The van der Waals surface area contributed by atoms with Crippen molar-refractivity contribution in [3.8, 4) is 17.0 Å². The maximum absolute atomic E-state index is 11.6. The van der Waals surface area contributed by atoms with E-state index in [2.05, 4.69) is 4.98 Å². The van der Waals surface area contributed by atoms with Crippen molar-refractivity contribution in [1.82, 2.24) is 9.55 Å². The van der Waals surface area contributed by atoms with E-state index in [1.807, 2.05) is 31.2 Å². The Bertz CT molecular complexity index is 806. The number of hydrogen-bond acceptors (Lipinski definition) is 4. The minimum Gasteiger partial charge on any atom is -0.493 e. The van der Waals surface area contributed by atoms with Crippen molar-refractivity contribution in [3.05, 3.63) is 36.2 Å². The second kappa shape index (κ2) is 3.96. The fraction of sp³-hybridized carbons (Fsp3) is 0.200. The lowest BCUT2D eigenvalue weighted by Crippen LogP contribution is -2.06. The Morgan fingerprint density at radius 2 is 2.35 bits per heavy atom. The monoisotopic (exact) mass is 268 g/mol. The molecule has 3 aliphatic heterocycles. The molecule has 0 aromatic heterocycles. The summed E-state index contributed by atoms with van der Waals surface area (Å²) in [6.07, 6.45) is 1.38. The summed E-state index contributed by atoms with van der Waals surface area (Å²) in [6.45, 7) is 2.86. The number of pyridine rings is 1. The van der Waals surface area contributed by atoms with Gasteiger partial charge in [0.1, 0.15) is 12.4 Å². The van der Waals surface area contributed by atoms with Gasteiger partial charge in [-0.2, -0.15) is 0 Å². The van der Waals surface area contributed by atoms with E-state index < -0.39 is 0 Å². The van der Waals surface area contributed by atoms with Crippen molar-refractivity contribution >= 4 is 17.0 Å². The molecule has 0 unspecified atom stereocenters. The molecule has 0 saturated heterocycles. The summed E-state index contributed by atoms with van der Waals surface area (Å²) < 4.78 is 12.2. The average molecular weight is 268 g/mol. The Kier molecular flexibility index (Phi) is 2.24. The molecule has 0 radical (unpaired) electrons. The topological polar surface area (TPSA) is 53.4 Å². The van der Waals surface area contributed by atoms with Gasteiger partial charge in [-0.1, -0.05) is 6.07 Å². The van der Waals surface area contributed by atoms with Crippen LogP contribution in [0, 0.1) is 0 Å². The van der Waals surface area contributed by atoms with E-state index in [0.29, 0.717) is 13.2 Å². The van der Waals surface area contributed by atoms with Crippen LogP contribution in [0.5, 0.6) is 5.75 Å². The predicted molar refractivity (Wildman–Crippen MR) is 73.1 cm³/mol. The Morgan fingerprint density at radius 1 is 1.45 bits per heavy atom. The molecule has 0 spiro atoms. The van der Waals surface area contributed by atoms with Gasteiger partial charge in [-0.25, -0.2) is 9.78 Å². The molecule has 5 heteroatoms. The van der Waals surface area contributed by atoms with Crippen molar-refractivity contribution in [2.24, 2.45) is 0 Å². The Balaban J connectivity index is 2.05. The summed E-state index contributed by atoms with van der Waals surface area (Å²) in [5, 5.41) is 0.993. The van der Waals surface area contributed by atoms with Gasteiger partial charge in [0.05, 0.1) is 28.9 Å². The quantitative estimate of drug-likeness (QED) is 0.716. The molecule has 0 aliphatic carbocycles. The highest BCUT2D eigenvalue weighted by Crippen LogP contribution is 2.38.